The maximum absolute atomic E-state index is 5.71. The van der Waals surface area contributed by atoms with E-state index in [1.165, 1.54) is 11.1 Å². The van der Waals surface area contributed by atoms with Crippen LogP contribution in [0.1, 0.15) is 43.2 Å². The van der Waals surface area contributed by atoms with E-state index >= 15 is 0 Å². The third-order valence-electron chi connectivity index (χ3n) is 6.71. The van der Waals surface area contributed by atoms with Crippen molar-refractivity contribution in [1.82, 2.24) is 20.0 Å². The Morgan fingerprint density at radius 3 is 2.71 bits per heavy atom. The summed E-state index contributed by atoms with van der Waals surface area (Å²) < 4.78 is 13.2. The second-order valence-electron chi connectivity index (χ2n) is 8.63. The van der Waals surface area contributed by atoms with Crippen molar-refractivity contribution in [3.8, 4) is 5.75 Å². The van der Waals surface area contributed by atoms with Crippen molar-refractivity contribution in [1.29, 1.82) is 0 Å². The number of guanidine groups is 1. The summed E-state index contributed by atoms with van der Waals surface area (Å²) in [5.41, 5.74) is 2.70. The van der Waals surface area contributed by atoms with Crippen LogP contribution >= 0.6 is 0 Å². The molecule has 7 nitrogen and oxygen atoms in total. The summed E-state index contributed by atoms with van der Waals surface area (Å²) in [5.74, 6) is 2.43. The van der Waals surface area contributed by atoms with Gasteiger partial charge in [-0.2, -0.15) is 5.10 Å². The van der Waals surface area contributed by atoms with Crippen molar-refractivity contribution < 1.29 is 9.47 Å². The van der Waals surface area contributed by atoms with Crippen molar-refractivity contribution in [2.24, 2.45) is 12.0 Å². The third kappa shape index (κ3) is 4.87. The lowest BCUT2D eigenvalue weighted by Crippen LogP contribution is -2.48. The van der Waals surface area contributed by atoms with Gasteiger partial charge in [0.25, 0.3) is 0 Å². The van der Waals surface area contributed by atoms with Crippen LogP contribution < -0.4 is 10.1 Å². The molecular weight excluding hydrogens is 390 g/mol. The fraction of sp³-hybridized carbons (Fsp3) is 0.583. The summed E-state index contributed by atoms with van der Waals surface area (Å²) >= 11 is 0. The molecule has 0 radical (unpaired) electrons. The lowest BCUT2D eigenvalue weighted by atomic mass is 9.74. The number of aromatic nitrogens is 2. The molecule has 1 aromatic heterocycles. The minimum Gasteiger partial charge on any atom is -0.494 e. The van der Waals surface area contributed by atoms with Gasteiger partial charge in [0.1, 0.15) is 5.75 Å². The van der Waals surface area contributed by atoms with E-state index in [1.54, 1.807) is 0 Å². The summed E-state index contributed by atoms with van der Waals surface area (Å²) in [7, 11) is 3.86. The van der Waals surface area contributed by atoms with Crippen molar-refractivity contribution in [2.75, 3.05) is 46.5 Å². The van der Waals surface area contributed by atoms with E-state index in [2.05, 4.69) is 50.8 Å². The highest BCUT2D eigenvalue weighted by Crippen LogP contribution is 2.35. The first kappa shape index (κ1) is 21.7. The Bertz CT molecular complexity index is 870. The monoisotopic (exact) mass is 425 g/mol. The summed E-state index contributed by atoms with van der Waals surface area (Å²) in [4.78, 5) is 6.99. The smallest absolute Gasteiger partial charge is 0.193 e. The molecule has 1 N–H and O–H groups in total. The minimum absolute atomic E-state index is 0.0431. The normalized spacial score (nSPS) is 21.3. The summed E-state index contributed by atoms with van der Waals surface area (Å²) in [6.45, 7) is 7.13. The first-order valence-corrected chi connectivity index (χ1v) is 11.4. The standard InChI is InChI=1S/C24H35N5O2/c1-4-31-22-7-5-21(6-8-22)24(10-13-30-14-11-24)18-26-23(25-2)29-12-9-19(17-29)20-15-27-28(3)16-20/h5-8,15-16,19H,4,9-14,17-18H2,1-3H3,(H,25,26). The molecule has 1 atom stereocenters. The van der Waals surface area contributed by atoms with Gasteiger partial charge >= 0.3 is 0 Å². The van der Waals surface area contributed by atoms with E-state index in [0.29, 0.717) is 12.5 Å². The van der Waals surface area contributed by atoms with Crippen molar-refractivity contribution in [3.63, 3.8) is 0 Å². The fourth-order valence-corrected chi connectivity index (χ4v) is 4.86. The summed E-state index contributed by atoms with van der Waals surface area (Å²) in [6, 6.07) is 8.61. The van der Waals surface area contributed by atoms with Crippen LogP contribution in [0.4, 0.5) is 0 Å². The summed E-state index contributed by atoms with van der Waals surface area (Å²) in [6.07, 6.45) is 7.26. The lowest BCUT2D eigenvalue weighted by molar-refractivity contribution is 0.0512. The molecule has 2 saturated heterocycles. The van der Waals surface area contributed by atoms with Gasteiger partial charge in [0.15, 0.2) is 5.96 Å². The van der Waals surface area contributed by atoms with Crippen molar-refractivity contribution in [3.05, 3.63) is 47.8 Å². The maximum Gasteiger partial charge on any atom is 0.193 e. The maximum atomic E-state index is 5.71. The van der Waals surface area contributed by atoms with Gasteiger partial charge in [0.05, 0.1) is 12.8 Å². The molecule has 0 bridgehead atoms. The molecule has 0 aliphatic carbocycles. The highest BCUT2D eigenvalue weighted by molar-refractivity contribution is 5.80. The van der Waals surface area contributed by atoms with E-state index < -0.39 is 0 Å². The predicted molar refractivity (Wildman–Crippen MR) is 123 cm³/mol. The molecule has 31 heavy (non-hydrogen) atoms. The number of benzene rings is 1. The summed E-state index contributed by atoms with van der Waals surface area (Å²) in [5, 5.41) is 8.05. The number of nitrogens with zero attached hydrogens (tertiary/aromatic N) is 4. The van der Waals surface area contributed by atoms with Crippen LogP contribution in [0, 0.1) is 0 Å². The van der Waals surface area contributed by atoms with Crippen LogP contribution in [0.2, 0.25) is 0 Å². The Morgan fingerprint density at radius 1 is 1.29 bits per heavy atom. The lowest BCUT2D eigenvalue weighted by Gasteiger charge is -2.39. The number of ether oxygens (including phenoxy) is 2. The van der Waals surface area contributed by atoms with E-state index in [4.69, 9.17) is 9.47 Å². The minimum atomic E-state index is 0.0431. The largest absolute Gasteiger partial charge is 0.494 e. The SMILES string of the molecule is CCOc1ccc(C2(CNC(=NC)N3CCC(c4cnn(C)c4)C3)CCOCC2)cc1. The molecule has 1 aromatic carbocycles. The van der Waals surface area contributed by atoms with Gasteiger partial charge < -0.3 is 19.7 Å². The van der Waals surface area contributed by atoms with E-state index in [-0.39, 0.29) is 5.41 Å². The second-order valence-corrected chi connectivity index (χ2v) is 8.63. The number of aliphatic imine (C=N–C) groups is 1. The molecule has 2 aromatic rings. The van der Waals surface area contributed by atoms with Crippen LogP contribution in [0.25, 0.3) is 0 Å². The molecule has 0 amide bonds. The molecule has 0 spiro atoms. The topological polar surface area (TPSA) is 63.9 Å². The van der Waals surface area contributed by atoms with Crippen molar-refractivity contribution in [2.45, 2.75) is 37.5 Å². The molecule has 168 valence electrons. The molecule has 2 aliphatic heterocycles. The Labute approximate surface area is 185 Å². The van der Waals surface area contributed by atoms with Gasteiger partial charge in [-0.15, -0.1) is 0 Å². The third-order valence-corrected chi connectivity index (χ3v) is 6.71. The average Bonchev–Trinajstić information content (AvgIpc) is 3.45. The van der Waals surface area contributed by atoms with Crippen LogP contribution in [-0.4, -0.2) is 67.1 Å². The van der Waals surface area contributed by atoms with Gasteiger partial charge in [-0.3, -0.25) is 9.67 Å². The number of hydrogen-bond acceptors (Lipinski definition) is 4. The molecule has 7 heteroatoms. The van der Waals surface area contributed by atoms with Crippen LogP contribution in [0.5, 0.6) is 5.75 Å². The fourth-order valence-electron chi connectivity index (χ4n) is 4.86. The number of rotatable bonds is 6. The molecule has 0 saturated carbocycles. The zero-order chi connectivity index (χ0) is 21.7. The van der Waals surface area contributed by atoms with Crippen LogP contribution in [0.3, 0.4) is 0 Å². The molecule has 1 unspecified atom stereocenters. The number of likely N-dealkylation sites (tertiary alicyclic amines) is 1. The number of hydrogen-bond donors (Lipinski definition) is 1. The van der Waals surface area contributed by atoms with Gasteiger partial charge in [0.2, 0.25) is 0 Å². The quantitative estimate of drug-likeness (QED) is 0.570. The molecular formula is C24H35N5O2. The molecule has 2 fully saturated rings. The van der Waals surface area contributed by atoms with E-state index in [1.807, 2.05) is 31.9 Å². The van der Waals surface area contributed by atoms with E-state index in [0.717, 1.165) is 63.8 Å². The number of aryl methyl sites for hydroxylation is 1. The Hall–Kier alpha value is -2.54. The van der Waals surface area contributed by atoms with Crippen molar-refractivity contribution >= 4 is 5.96 Å². The Morgan fingerprint density at radius 2 is 2.06 bits per heavy atom. The van der Waals surface area contributed by atoms with Crippen LogP contribution in [0.15, 0.2) is 41.7 Å². The van der Waals surface area contributed by atoms with E-state index in [9.17, 15) is 0 Å². The van der Waals surface area contributed by atoms with Gasteiger partial charge in [-0.1, -0.05) is 12.1 Å². The zero-order valence-electron chi connectivity index (χ0n) is 19.0. The number of nitrogens with one attached hydrogen (secondary N) is 1. The Kier molecular flexibility index (Phi) is 6.80. The van der Waals surface area contributed by atoms with Gasteiger partial charge in [0, 0.05) is 64.5 Å². The molecule has 3 heterocycles. The van der Waals surface area contributed by atoms with Gasteiger partial charge in [-0.25, -0.2) is 0 Å². The first-order chi connectivity index (χ1) is 15.1. The second kappa shape index (κ2) is 9.73. The van der Waals surface area contributed by atoms with Crippen LogP contribution in [-0.2, 0) is 17.2 Å². The average molecular weight is 426 g/mol. The molecule has 4 rings (SSSR count). The highest BCUT2D eigenvalue weighted by atomic mass is 16.5. The first-order valence-electron chi connectivity index (χ1n) is 11.4. The Balaban J connectivity index is 1.43. The zero-order valence-corrected chi connectivity index (χ0v) is 19.0. The predicted octanol–water partition coefficient (Wildman–Crippen LogP) is 2.93. The molecule has 2 aliphatic rings. The van der Waals surface area contributed by atoms with Gasteiger partial charge in [-0.05, 0) is 49.4 Å². The highest BCUT2D eigenvalue weighted by Gasteiger charge is 2.35.